The van der Waals surface area contributed by atoms with E-state index in [9.17, 15) is 9.59 Å². The summed E-state index contributed by atoms with van der Waals surface area (Å²) in [6.07, 6.45) is 3.88. The van der Waals surface area contributed by atoms with Gasteiger partial charge in [-0.3, -0.25) is 9.59 Å². The van der Waals surface area contributed by atoms with Gasteiger partial charge in [0.25, 0.3) is 5.56 Å². The summed E-state index contributed by atoms with van der Waals surface area (Å²) in [5, 5.41) is 0.370. The SMILES string of the molecule is COc1ncc(C)cc1-c1nc(C)c(CN(C=O)c2cc(Cl)cn(C)c2=O)n1C(C)C. The van der Waals surface area contributed by atoms with Gasteiger partial charge in [-0.05, 0) is 45.4 Å². The Kier molecular flexibility index (Phi) is 6.50. The van der Waals surface area contributed by atoms with Crippen LogP contribution >= 0.6 is 11.6 Å². The second kappa shape index (κ2) is 8.93. The Bertz CT molecular complexity index is 1180. The summed E-state index contributed by atoms with van der Waals surface area (Å²) in [6.45, 7) is 8.07. The van der Waals surface area contributed by atoms with Crippen molar-refractivity contribution in [2.75, 3.05) is 12.0 Å². The highest BCUT2D eigenvalue weighted by molar-refractivity contribution is 6.30. The highest BCUT2D eigenvalue weighted by atomic mass is 35.5. The number of methoxy groups -OCH3 is 1. The fourth-order valence-corrected chi connectivity index (χ4v) is 3.85. The van der Waals surface area contributed by atoms with E-state index >= 15 is 0 Å². The minimum Gasteiger partial charge on any atom is -0.480 e. The molecule has 3 aromatic heterocycles. The summed E-state index contributed by atoms with van der Waals surface area (Å²) >= 11 is 6.13. The molecule has 0 unspecified atom stereocenters. The lowest BCUT2D eigenvalue weighted by molar-refractivity contribution is -0.107. The van der Waals surface area contributed by atoms with E-state index in [0.29, 0.717) is 23.1 Å². The van der Waals surface area contributed by atoms with E-state index in [2.05, 4.69) is 4.98 Å². The van der Waals surface area contributed by atoms with Gasteiger partial charge in [-0.15, -0.1) is 0 Å². The molecule has 8 nitrogen and oxygen atoms in total. The Hall–Kier alpha value is -3.13. The van der Waals surface area contributed by atoms with Gasteiger partial charge in [0.2, 0.25) is 12.3 Å². The largest absolute Gasteiger partial charge is 0.480 e. The zero-order chi connectivity index (χ0) is 22.9. The number of anilines is 1. The number of pyridine rings is 2. The first-order valence-electron chi connectivity index (χ1n) is 9.84. The first-order chi connectivity index (χ1) is 14.7. The van der Waals surface area contributed by atoms with E-state index in [1.165, 1.54) is 21.7 Å². The van der Waals surface area contributed by atoms with Gasteiger partial charge in [-0.25, -0.2) is 9.97 Å². The molecule has 164 valence electrons. The second-order valence-electron chi connectivity index (χ2n) is 7.69. The van der Waals surface area contributed by atoms with Crippen LogP contribution in [0.5, 0.6) is 5.88 Å². The molecule has 0 fully saturated rings. The lowest BCUT2D eigenvalue weighted by Gasteiger charge is -2.22. The zero-order valence-electron chi connectivity index (χ0n) is 18.5. The van der Waals surface area contributed by atoms with Gasteiger partial charge in [0.1, 0.15) is 11.5 Å². The molecule has 0 atom stereocenters. The number of nitrogens with zero attached hydrogens (tertiary/aromatic N) is 5. The molecule has 0 aliphatic rings. The Morgan fingerprint density at radius 2 is 2.00 bits per heavy atom. The number of hydrogen-bond acceptors (Lipinski definition) is 5. The van der Waals surface area contributed by atoms with E-state index in [1.807, 2.05) is 38.3 Å². The van der Waals surface area contributed by atoms with Gasteiger partial charge in [-0.2, -0.15) is 0 Å². The molecule has 3 heterocycles. The predicted molar refractivity (Wildman–Crippen MR) is 121 cm³/mol. The molecule has 0 aliphatic carbocycles. The van der Waals surface area contributed by atoms with E-state index in [0.717, 1.165) is 22.5 Å². The van der Waals surface area contributed by atoms with Crippen LogP contribution in [0.3, 0.4) is 0 Å². The van der Waals surface area contributed by atoms with E-state index < -0.39 is 0 Å². The highest BCUT2D eigenvalue weighted by Gasteiger charge is 2.24. The smallest absolute Gasteiger partial charge is 0.274 e. The highest BCUT2D eigenvalue weighted by Crippen LogP contribution is 2.33. The molecule has 31 heavy (non-hydrogen) atoms. The van der Waals surface area contributed by atoms with Crippen LogP contribution in [0.4, 0.5) is 5.69 Å². The van der Waals surface area contributed by atoms with Crippen LogP contribution in [-0.2, 0) is 18.4 Å². The van der Waals surface area contributed by atoms with Crippen LogP contribution in [0.15, 0.2) is 29.3 Å². The van der Waals surface area contributed by atoms with Crippen LogP contribution < -0.4 is 15.2 Å². The number of carbonyl (C=O) groups is 1. The fourth-order valence-electron chi connectivity index (χ4n) is 3.60. The molecule has 0 bridgehead atoms. The van der Waals surface area contributed by atoms with Gasteiger partial charge >= 0.3 is 0 Å². The summed E-state index contributed by atoms with van der Waals surface area (Å²) in [7, 11) is 3.17. The summed E-state index contributed by atoms with van der Waals surface area (Å²) in [4.78, 5) is 35.1. The number of aryl methyl sites for hydroxylation is 3. The van der Waals surface area contributed by atoms with Crippen molar-refractivity contribution in [3.8, 4) is 17.3 Å². The molecule has 1 amide bonds. The quantitative estimate of drug-likeness (QED) is 0.520. The van der Waals surface area contributed by atoms with Crippen LogP contribution in [0.1, 0.15) is 36.8 Å². The lowest BCUT2D eigenvalue weighted by atomic mass is 10.2. The van der Waals surface area contributed by atoms with Gasteiger partial charge in [0, 0.05) is 25.5 Å². The first-order valence-corrected chi connectivity index (χ1v) is 10.2. The van der Waals surface area contributed by atoms with Crippen molar-refractivity contribution >= 4 is 23.7 Å². The first kappa shape index (κ1) is 22.6. The van der Waals surface area contributed by atoms with Gasteiger partial charge in [-0.1, -0.05) is 11.6 Å². The number of halogens is 1. The normalized spacial score (nSPS) is 11.1. The minimum atomic E-state index is -0.311. The third-order valence-corrected chi connectivity index (χ3v) is 5.24. The van der Waals surface area contributed by atoms with Crippen molar-refractivity contribution in [3.63, 3.8) is 0 Å². The van der Waals surface area contributed by atoms with Crippen molar-refractivity contribution in [2.45, 2.75) is 40.3 Å². The number of amides is 1. The molecule has 3 rings (SSSR count). The molecular formula is C22H26ClN5O3. The third kappa shape index (κ3) is 4.34. The summed E-state index contributed by atoms with van der Waals surface area (Å²) in [6, 6.07) is 3.51. The maximum absolute atomic E-state index is 12.6. The van der Waals surface area contributed by atoms with Crippen molar-refractivity contribution in [2.24, 2.45) is 7.05 Å². The van der Waals surface area contributed by atoms with Crippen LogP contribution in [0.25, 0.3) is 11.4 Å². The number of ether oxygens (including phenoxy) is 1. The summed E-state index contributed by atoms with van der Waals surface area (Å²) in [5.41, 5.74) is 3.19. The monoisotopic (exact) mass is 443 g/mol. The number of imidazole rings is 1. The number of carbonyl (C=O) groups excluding carboxylic acids is 1. The maximum Gasteiger partial charge on any atom is 0.274 e. The van der Waals surface area contributed by atoms with Crippen LogP contribution in [0, 0.1) is 13.8 Å². The molecular weight excluding hydrogens is 418 g/mol. The molecule has 0 spiro atoms. The Morgan fingerprint density at radius 3 is 2.61 bits per heavy atom. The Labute approximate surface area is 186 Å². The van der Waals surface area contributed by atoms with Crippen molar-refractivity contribution in [1.82, 2.24) is 19.1 Å². The van der Waals surface area contributed by atoms with Crippen LogP contribution in [-0.4, -0.2) is 32.6 Å². The molecule has 0 N–H and O–H groups in total. The fraction of sp³-hybridized carbons (Fsp3) is 0.364. The van der Waals surface area contributed by atoms with Crippen molar-refractivity contribution in [1.29, 1.82) is 0 Å². The molecule has 0 aliphatic heterocycles. The van der Waals surface area contributed by atoms with E-state index in [4.69, 9.17) is 21.3 Å². The van der Waals surface area contributed by atoms with Gasteiger partial charge in [0.15, 0.2) is 0 Å². The standard InChI is InChI=1S/C22H26ClN5O3/c1-13(2)28-19(11-27(12-29)18-8-16(23)10-26(5)22(18)30)15(4)25-20(28)17-7-14(3)9-24-21(17)31-6/h7-10,12-13H,11H2,1-6H3. The number of rotatable bonds is 7. The molecule has 0 aromatic carbocycles. The predicted octanol–water partition coefficient (Wildman–Crippen LogP) is 3.67. The molecule has 0 saturated carbocycles. The average molecular weight is 444 g/mol. The topological polar surface area (TPSA) is 82.2 Å². The zero-order valence-corrected chi connectivity index (χ0v) is 19.3. The Balaban J connectivity index is 2.16. The van der Waals surface area contributed by atoms with Gasteiger partial charge in [0.05, 0.1) is 35.6 Å². The van der Waals surface area contributed by atoms with Crippen molar-refractivity contribution < 1.29 is 9.53 Å². The summed E-state index contributed by atoms with van der Waals surface area (Å²) in [5.74, 6) is 1.17. The molecule has 9 heteroatoms. The van der Waals surface area contributed by atoms with Crippen molar-refractivity contribution in [3.05, 3.63) is 56.9 Å². The number of hydrogen-bond donors (Lipinski definition) is 0. The van der Waals surface area contributed by atoms with Gasteiger partial charge < -0.3 is 18.8 Å². The third-order valence-electron chi connectivity index (χ3n) is 5.04. The lowest BCUT2D eigenvalue weighted by Crippen LogP contribution is -2.31. The molecule has 3 aromatic rings. The van der Waals surface area contributed by atoms with E-state index in [1.54, 1.807) is 20.4 Å². The molecule has 0 radical (unpaired) electrons. The minimum absolute atomic E-state index is 0.0344. The van der Waals surface area contributed by atoms with Crippen LogP contribution in [0.2, 0.25) is 5.02 Å². The maximum atomic E-state index is 12.6. The summed E-state index contributed by atoms with van der Waals surface area (Å²) < 4.78 is 8.86. The average Bonchev–Trinajstić information content (AvgIpc) is 3.05. The van der Waals surface area contributed by atoms with E-state index in [-0.39, 0.29) is 23.8 Å². The second-order valence-corrected chi connectivity index (χ2v) is 8.13. The Morgan fingerprint density at radius 1 is 1.29 bits per heavy atom. The number of aromatic nitrogens is 4. The molecule has 0 saturated heterocycles.